The van der Waals surface area contributed by atoms with Gasteiger partial charge in [-0.25, -0.2) is 14.1 Å². The molecule has 21 heavy (non-hydrogen) atoms. The summed E-state index contributed by atoms with van der Waals surface area (Å²) < 4.78 is 18.3. The standard InChI is InChI=1S/C12H16N5O3P/c1-14(21(20,15-6-7-15)16-8-9-16)13-10-11-2-4-12(5-3-11)17(18)19/h2-5,10H,6-9H2,1H3. The van der Waals surface area contributed by atoms with E-state index in [1.165, 1.54) is 16.9 Å². The van der Waals surface area contributed by atoms with Crippen molar-refractivity contribution in [1.82, 2.24) is 14.1 Å². The van der Waals surface area contributed by atoms with E-state index in [1.807, 2.05) is 9.34 Å². The molecule has 0 aromatic heterocycles. The van der Waals surface area contributed by atoms with Gasteiger partial charge in [-0.05, 0) is 17.7 Å². The fourth-order valence-corrected chi connectivity index (χ4v) is 4.55. The summed E-state index contributed by atoms with van der Waals surface area (Å²) in [7, 11) is -0.993. The predicted octanol–water partition coefficient (Wildman–Crippen LogP) is 1.60. The molecule has 2 saturated heterocycles. The maximum absolute atomic E-state index is 13.0. The van der Waals surface area contributed by atoms with Crippen molar-refractivity contribution < 1.29 is 9.49 Å². The van der Waals surface area contributed by atoms with E-state index in [0.29, 0.717) is 0 Å². The van der Waals surface area contributed by atoms with Gasteiger partial charge in [-0.1, -0.05) is 0 Å². The number of hydrogen-bond acceptors (Lipinski definition) is 4. The van der Waals surface area contributed by atoms with Gasteiger partial charge in [0.2, 0.25) is 0 Å². The normalized spacial score (nSPS) is 18.9. The van der Waals surface area contributed by atoms with E-state index in [4.69, 9.17) is 0 Å². The monoisotopic (exact) mass is 309 g/mol. The van der Waals surface area contributed by atoms with Crippen molar-refractivity contribution in [3.05, 3.63) is 39.9 Å². The number of nitrogens with zero attached hydrogens (tertiary/aromatic N) is 5. The SMILES string of the molecule is CN(N=Cc1ccc([N+](=O)[O-])cc1)P(=O)(N1CC1)N1CC1. The van der Waals surface area contributed by atoms with E-state index in [-0.39, 0.29) is 5.69 Å². The zero-order valence-corrected chi connectivity index (χ0v) is 12.5. The van der Waals surface area contributed by atoms with E-state index in [9.17, 15) is 14.7 Å². The van der Waals surface area contributed by atoms with Crippen molar-refractivity contribution in [2.75, 3.05) is 33.2 Å². The van der Waals surface area contributed by atoms with Gasteiger partial charge in [-0.3, -0.25) is 14.7 Å². The molecule has 0 aliphatic carbocycles. The Morgan fingerprint density at radius 1 is 1.24 bits per heavy atom. The molecule has 9 heteroatoms. The van der Waals surface area contributed by atoms with Crippen molar-refractivity contribution in [2.45, 2.75) is 0 Å². The van der Waals surface area contributed by atoms with Gasteiger partial charge >= 0.3 is 7.59 Å². The van der Waals surface area contributed by atoms with Crippen LogP contribution in [0.5, 0.6) is 0 Å². The zero-order chi connectivity index (χ0) is 15.0. The molecule has 2 heterocycles. The largest absolute Gasteiger partial charge is 0.326 e. The van der Waals surface area contributed by atoms with Gasteiger partial charge in [0.15, 0.2) is 0 Å². The number of nitro groups is 1. The maximum Gasteiger partial charge on any atom is 0.326 e. The second kappa shape index (κ2) is 5.22. The lowest BCUT2D eigenvalue weighted by atomic mass is 10.2. The van der Waals surface area contributed by atoms with Crippen LogP contribution in [-0.4, -0.2) is 58.5 Å². The molecular formula is C12H16N5O3P. The van der Waals surface area contributed by atoms with E-state index >= 15 is 0 Å². The molecule has 0 N–H and O–H groups in total. The molecule has 0 amide bonds. The number of non-ortho nitro benzene ring substituents is 1. The van der Waals surface area contributed by atoms with E-state index in [0.717, 1.165) is 31.7 Å². The quantitative estimate of drug-likeness (QED) is 0.261. The Balaban J connectivity index is 1.72. The van der Waals surface area contributed by atoms with Gasteiger partial charge in [0.05, 0.1) is 11.1 Å². The Bertz CT molecular complexity index is 608. The van der Waals surface area contributed by atoms with E-state index in [1.54, 1.807) is 25.4 Å². The lowest BCUT2D eigenvalue weighted by Gasteiger charge is -2.27. The summed E-state index contributed by atoms with van der Waals surface area (Å²) in [6.07, 6.45) is 1.57. The highest BCUT2D eigenvalue weighted by atomic mass is 31.2. The van der Waals surface area contributed by atoms with Gasteiger partial charge in [-0.15, -0.1) is 0 Å². The average molecular weight is 309 g/mol. The van der Waals surface area contributed by atoms with Crippen molar-refractivity contribution >= 4 is 19.5 Å². The second-order valence-electron chi connectivity index (χ2n) is 5.00. The molecule has 1 aromatic rings. The molecule has 0 spiro atoms. The minimum atomic E-state index is -2.70. The Hall–Kier alpha value is -1.76. The van der Waals surface area contributed by atoms with Crippen molar-refractivity contribution in [2.24, 2.45) is 5.10 Å². The highest BCUT2D eigenvalue weighted by Crippen LogP contribution is 2.62. The minimum absolute atomic E-state index is 0.0411. The van der Waals surface area contributed by atoms with Crippen LogP contribution in [0.25, 0.3) is 0 Å². The van der Waals surface area contributed by atoms with Gasteiger partial charge in [0.25, 0.3) is 5.69 Å². The van der Waals surface area contributed by atoms with Crippen LogP contribution >= 0.6 is 7.59 Å². The van der Waals surface area contributed by atoms with Gasteiger partial charge in [0.1, 0.15) is 0 Å². The molecule has 0 saturated carbocycles. The summed E-state index contributed by atoms with van der Waals surface area (Å²) in [4.78, 5) is 10.1. The lowest BCUT2D eigenvalue weighted by Crippen LogP contribution is -2.19. The van der Waals surface area contributed by atoms with Crippen LogP contribution < -0.4 is 0 Å². The first kappa shape index (κ1) is 14.2. The topological polar surface area (TPSA) is 81.8 Å². The van der Waals surface area contributed by atoms with E-state index in [2.05, 4.69) is 5.10 Å². The maximum atomic E-state index is 13.0. The van der Waals surface area contributed by atoms with Crippen LogP contribution in [0.15, 0.2) is 29.4 Å². The molecule has 0 radical (unpaired) electrons. The Morgan fingerprint density at radius 3 is 2.19 bits per heavy atom. The number of benzene rings is 1. The fourth-order valence-electron chi connectivity index (χ4n) is 2.06. The number of rotatable bonds is 6. The summed E-state index contributed by atoms with van der Waals surface area (Å²) in [5.74, 6) is 0. The zero-order valence-electron chi connectivity index (χ0n) is 11.6. The molecule has 2 aliphatic heterocycles. The van der Waals surface area contributed by atoms with Crippen molar-refractivity contribution in [1.29, 1.82) is 0 Å². The number of nitro benzene ring substituents is 1. The average Bonchev–Trinajstić information content (AvgIpc) is 3.35. The first-order valence-electron chi connectivity index (χ1n) is 6.65. The van der Waals surface area contributed by atoms with Crippen LogP contribution in [0.2, 0.25) is 0 Å². The molecule has 0 atom stereocenters. The molecule has 8 nitrogen and oxygen atoms in total. The Kier molecular flexibility index (Phi) is 3.52. The molecule has 2 aliphatic rings. The number of hydrazone groups is 1. The van der Waals surface area contributed by atoms with Crippen LogP contribution in [-0.2, 0) is 4.57 Å². The Labute approximate surface area is 122 Å². The predicted molar refractivity (Wildman–Crippen MR) is 79.2 cm³/mol. The van der Waals surface area contributed by atoms with Gasteiger partial charge < -0.3 is 0 Å². The van der Waals surface area contributed by atoms with Crippen molar-refractivity contribution in [3.8, 4) is 0 Å². The van der Waals surface area contributed by atoms with Gasteiger partial charge in [0, 0.05) is 45.4 Å². The first-order valence-corrected chi connectivity index (χ1v) is 8.22. The van der Waals surface area contributed by atoms with Gasteiger partial charge in [-0.2, -0.15) is 5.10 Å². The molecule has 2 fully saturated rings. The summed E-state index contributed by atoms with van der Waals surface area (Å²) in [5, 5.41) is 14.8. The van der Waals surface area contributed by atoms with Crippen LogP contribution in [0.1, 0.15) is 5.56 Å². The number of hydrogen-bond donors (Lipinski definition) is 0. The highest BCUT2D eigenvalue weighted by molar-refractivity contribution is 7.57. The van der Waals surface area contributed by atoms with Crippen LogP contribution in [0.3, 0.4) is 0 Å². The minimum Gasteiger partial charge on any atom is -0.262 e. The third-order valence-electron chi connectivity index (χ3n) is 3.44. The van der Waals surface area contributed by atoms with Crippen LogP contribution in [0, 0.1) is 10.1 Å². The first-order chi connectivity index (χ1) is 10.0. The van der Waals surface area contributed by atoms with E-state index < -0.39 is 12.5 Å². The summed E-state index contributed by atoms with van der Waals surface area (Å²) in [6, 6.07) is 6.09. The molecule has 0 unspecified atom stereocenters. The molecule has 3 rings (SSSR count). The van der Waals surface area contributed by atoms with Crippen molar-refractivity contribution in [3.63, 3.8) is 0 Å². The smallest absolute Gasteiger partial charge is 0.262 e. The molecule has 0 bridgehead atoms. The Morgan fingerprint density at radius 2 is 1.76 bits per heavy atom. The van der Waals surface area contributed by atoms with Crippen LogP contribution in [0.4, 0.5) is 5.69 Å². The second-order valence-corrected chi connectivity index (χ2v) is 7.74. The summed E-state index contributed by atoms with van der Waals surface area (Å²) in [5.41, 5.74) is 0.773. The lowest BCUT2D eigenvalue weighted by molar-refractivity contribution is -0.384. The summed E-state index contributed by atoms with van der Waals surface area (Å²) in [6.45, 7) is 3.35. The third kappa shape index (κ3) is 2.83. The molecular weight excluding hydrogens is 293 g/mol. The third-order valence-corrected chi connectivity index (χ3v) is 6.57. The highest BCUT2D eigenvalue weighted by Gasteiger charge is 2.50. The summed E-state index contributed by atoms with van der Waals surface area (Å²) >= 11 is 0. The molecule has 112 valence electrons. The molecule has 1 aromatic carbocycles. The fraction of sp³-hybridized carbons (Fsp3) is 0.417.